The maximum atomic E-state index is 5.66. The van der Waals surface area contributed by atoms with Gasteiger partial charge in [-0.15, -0.1) is 0 Å². The van der Waals surface area contributed by atoms with Gasteiger partial charge in [-0.2, -0.15) is 0 Å². The summed E-state index contributed by atoms with van der Waals surface area (Å²) in [5, 5.41) is 0. The molecule has 0 radical (unpaired) electrons. The van der Waals surface area contributed by atoms with E-state index >= 15 is 0 Å². The Morgan fingerprint density at radius 3 is 2.21 bits per heavy atom. The molecule has 0 aromatic heterocycles. The summed E-state index contributed by atoms with van der Waals surface area (Å²) < 4.78 is 0. The molecule has 0 spiro atoms. The molecule has 1 atom stereocenters. The molecule has 0 aromatic rings. The second-order valence-corrected chi connectivity index (χ2v) is 5.94. The molecule has 1 aliphatic rings. The highest BCUT2D eigenvalue weighted by Gasteiger charge is 2.26. The first kappa shape index (κ1) is 12.0. The lowest BCUT2D eigenvalue weighted by atomic mass is 9.77. The molecule has 0 aromatic carbocycles. The van der Waals surface area contributed by atoms with Crippen molar-refractivity contribution in [2.75, 3.05) is 0 Å². The van der Waals surface area contributed by atoms with Crippen molar-refractivity contribution in [1.82, 2.24) is 5.43 Å². The molecule has 0 bridgehead atoms. The number of nitrogens with one attached hydrogen (secondary N) is 1. The Balaban J connectivity index is 2.43. The van der Waals surface area contributed by atoms with Crippen molar-refractivity contribution in [1.29, 1.82) is 0 Å². The summed E-state index contributed by atoms with van der Waals surface area (Å²) in [6, 6.07) is 0.523. The molecule has 0 heterocycles. The molecule has 0 amide bonds. The summed E-state index contributed by atoms with van der Waals surface area (Å²) in [6.07, 6.45) is 8.13. The first-order valence-electron chi connectivity index (χ1n) is 5.99. The van der Waals surface area contributed by atoms with E-state index in [-0.39, 0.29) is 0 Å². The van der Waals surface area contributed by atoms with Gasteiger partial charge in [0.15, 0.2) is 0 Å². The molecule has 1 rings (SSSR count). The van der Waals surface area contributed by atoms with E-state index in [1.165, 1.54) is 38.5 Å². The fourth-order valence-corrected chi connectivity index (χ4v) is 2.56. The zero-order valence-corrected chi connectivity index (χ0v) is 9.97. The first-order valence-corrected chi connectivity index (χ1v) is 5.99. The van der Waals surface area contributed by atoms with E-state index < -0.39 is 0 Å². The fourth-order valence-electron chi connectivity index (χ4n) is 2.56. The summed E-state index contributed by atoms with van der Waals surface area (Å²) >= 11 is 0. The van der Waals surface area contributed by atoms with Crippen LogP contribution in [-0.2, 0) is 0 Å². The lowest BCUT2D eigenvalue weighted by Crippen LogP contribution is -2.43. The Kier molecular flexibility index (Phi) is 4.39. The second-order valence-electron chi connectivity index (χ2n) is 5.94. The Labute approximate surface area is 88.6 Å². The summed E-state index contributed by atoms with van der Waals surface area (Å²) in [5.41, 5.74) is 3.41. The van der Waals surface area contributed by atoms with Crippen molar-refractivity contribution in [2.45, 2.75) is 65.3 Å². The summed E-state index contributed by atoms with van der Waals surface area (Å²) in [4.78, 5) is 0. The van der Waals surface area contributed by atoms with Crippen molar-refractivity contribution >= 4 is 0 Å². The molecule has 84 valence electrons. The predicted molar refractivity (Wildman–Crippen MR) is 61.8 cm³/mol. The number of hydrazine groups is 1. The zero-order valence-electron chi connectivity index (χ0n) is 9.97. The van der Waals surface area contributed by atoms with E-state index in [4.69, 9.17) is 5.84 Å². The third-order valence-corrected chi connectivity index (χ3v) is 3.27. The van der Waals surface area contributed by atoms with Gasteiger partial charge >= 0.3 is 0 Å². The summed E-state index contributed by atoms with van der Waals surface area (Å²) in [7, 11) is 0. The van der Waals surface area contributed by atoms with Gasteiger partial charge in [-0.05, 0) is 30.6 Å². The normalized spacial score (nSPS) is 22.3. The molecule has 3 N–H and O–H groups in total. The molecule has 1 aliphatic carbocycles. The van der Waals surface area contributed by atoms with Crippen LogP contribution < -0.4 is 11.3 Å². The smallest absolute Gasteiger partial charge is 0.0243 e. The van der Waals surface area contributed by atoms with E-state index in [2.05, 4.69) is 26.2 Å². The van der Waals surface area contributed by atoms with Gasteiger partial charge in [0.2, 0.25) is 0 Å². The molecule has 0 saturated heterocycles. The number of hydrogen-bond acceptors (Lipinski definition) is 2. The Bertz CT molecular complexity index is 154. The van der Waals surface area contributed by atoms with Crippen molar-refractivity contribution in [3.8, 4) is 0 Å². The third-order valence-electron chi connectivity index (χ3n) is 3.27. The highest BCUT2D eigenvalue weighted by molar-refractivity contribution is 4.81. The van der Waals surface area contributed by atoms with Crippen LogP contribution in [0.2, 0.25) is 0 Å². The maximum Gasteiger partial charge on any atom is 0.0243 e. The van der Waals surface area contributed by atoms with Crippen LogP contribution in [0.1, 0.15) is 59.3 Å². The molecular weight excluding hydrogens is 172 g/mol. The van der Waals surface area contributed by atoms with Crippen molar-refractivity contribution < 1.29 is 0 Å². The monoisotopic (exact) mass is 198 g/mol. The largest absolute Gasteiger partial charge is 0.271 e. The zero-order chi connectivity index (χ0) is 10.6. The van der Waals surface area contributed by atoms with Gasteiger partial charge in [-0.3, -0.25) is 11.3 Å². The number of nitrogens with two attached hydrogens (primary N) is 1. The maximum absolute atomic E-state index is 5.66. The minimum atomic E-state index is 0.383. The minimum Gasteiger partial charge on any atom is -0.271 e. The molecule has 1 fully saturated rings. The van der Waals surface area contributed by atoms with Crippen LogP contribution in [0.15, 0.2) is 0 Å². The van der Waals surface area contributed by atoms with Gasteiger partial charge < -0.3 is 0 Å². The van der Waals surface area contributed by atoms with E-state index in [9.17, 15) is 0 Å². The van der Waals surface area contributed by atoms with Gasteiger partial charge in [0.1, 0.15) is 0 Å². The lowest BCUT2D eigenvalue weighted by molar-refractivity contribution is 0.207. The molecule has 14 heavy (non-hydrogen) atoms. The summed E-state index contributed by atoms with van der Waals surface area (Å²) in [5.74, 6) is 6.47. The highest BCUT2D eigenvalue weighted by atomic mass is 15.2. The van der Waals surface area contributed by atoms with Gasteiger partial charge in [-0.1, -0.05) is 40.0 Å². The fraction of sp³-hybridized carbons (Fsp3) is 1.00. The van der Waals surface area contributed by atoms with Crippen molar-refractivity contribution in [3.05, 3.63) is 0 Å². The van der Waals surface area contributed by atoms with Crippen LogP contribution in [0.5, 0.6) is 0 Å². The Hall–Kier alpha value is -0.0800. The second kappa shape index (κ2) is 5.13. The van der Waals surface area contributed by atoms with Crippen LogP contribution in [0, 0.1) is 11.3 Å². The molecule has 1 unspecified atom stereocenters. The van der Waals surface area contributed by atoms with Crippen molar-refractivity contribution in [3.63, 3.8) is 0 Å². The van der Waals surface area contributed by atoms with Crippen LogP contribution in [-0.4, -0.2) is 6.04 Å². The molecule has 0 aliphatic heterocycles. The molecule has 2 heteroatoms. The number of rotatable bonds is 3. The average Bonchev–Trinajstić information content (AvgIpc) is 2.14. The molecule has 2 nitrogen and oxygen atoms in total. The van der Waals surface area contributed by atoms with Crippen LogP contribution in [0.3, 0.4) is 0 Å². The average molecular weight is 198 g/mol. The standard InChI is InChI=1S/C12H26N2/c1-12(2,3)9-11(14-13)10-7-5-4-6-8-10/h10-11,14H,4-9,13H2,1-3H3. The SMILES string of the molecule is CC(C)(C)CC(NN)C1CCCCC1. The Morgan fingerprint density at radius 1 is 1.21 bits per heavy atom. The quantitative estimate of drug-likeness (QED) is 0.540. The van der Waals surface area contributed by atoms with Gasteiger partial charge in [0.25, 0.3) is 0 Å². The third kappa shape index (κ3) is 3.97. The minimum absolute atomic E-state index is 0.383. The Morgan fingerprint density at radius 2 is 1.79 bits per heavy atom. The molecule has 1 saturated carbocycles. The van der Waals surface area contributed by atoms with Gasteiger partial charge in [0, 0.05) is 6.04 Å². The van der Waals surface area contributed by atoms with Crippen LogP contribution in [0.25, 0.3) is 0 Å². The first-order chi connectivity index (χ1) is 6.53. The van der Waals surface area contributed by atoms with Crippen molar-refractivity contribution in [2.24, 2.45) is 17.2 Å². The van der Waals surface area contributed by atoms with Gasteiger partial charge in [-0.25, -0.2) is 0 Å². The van der Waals surface area contributed by atoms with E-state index in [1.807, 2.05) is 0 Å². The topological polar surface area (TPSA) is 38.0 Å². The predicted octanol–water partition coefficient (Wildman–Crippen LogP) is 2.83. The number of hydrogen-bond donors (Lipinski definition) is 2. The summed E-state index contributed by atoms with van der Waals surface area (Å²) in [6.45, 7) is 6.88. The van der Waals surface area contributed by atoms with E-state index in [0.717, 1.165) is 5.92 Å². The molecular formula is C12H26N2. The highest BCUT2D eigenvalue weighted by Crippen LogP contribution is 2.31. The lowest BCUT2D eigenvalue weighted by Gasteiger charge is -2.34. The van der Waals surface area contributed by atoms with Crippen LogP contribution >= 0.6 is 0 Å². The van der Waals surface area contributed by atoms with Crippen LogP contribution in [0.4, 0.5) is 0 Å². The van der Waals surface area contributed by atoms with E-state index in [1.54, 1.807) is 0 Å². The van der Waals surface area contributed by atoms with E-state index in [0.29, 0.717) is 11.5 Å². The van der Waals surface area contributed by atoms with Gasteiger partial charge in [0.05, 0.1) is 0 Å².